The van der Waals surface area contributed by atoms with Gasteiger partial charge in [0.1, 0.15) is 5.82 Å². The Morgan fingerprint density at radius 1 is 1.27 bits per heavy atom. The summed E-state index contributed by atoms with van der Waals surface area (Å²) in [5.74, 6) is -0.524. The van der Waals surface area contributed by atoms with Crippen LogP contribution in [-0.4, -0.2) is 26.7 Å². The Hall–Kier alpha value is -1.66. The molecule has 6 heteroatoms. The molecule has 0 amide bonds. The molecule has 1 heterocycles. The number of aromatic nitrogens is 2. The molecule has 0 spiro atoms. The fourth-order valence-electron chi connectivity index (χ4n) is 1.31. The van der Waals surface area contributed by atoms with E-state index in [9.17, 15) is 4.39 Å². The van der Waals surface area contributed by atoms with Crippen LogP contribution in [0.25, 0.3) is 5.69 Å². The van der Waals surface area contributed by atoms with Crippen LogP contribution in [0.2, 0.25) is 0 Å². The maximum atomic E-state index is 13.1. The van der Waals surface area contributed by atoms with E-state index in [-0.39, 0.29) is 5.46 Å². The molecule has 0 unspecified atom stereocenters. The standard InChI is InChI=1S/C9H8BFN2O2/c11-8-3-7(10(14)15)4-9(5-8)13-2-1-12-6-13/h1-6,14-15H. The summed E-state index contributed by atoms with van der Waals surface area (Å²) in [5.41, 5.74) is 0.606. The molecule has 76 valence electrons. The molecule has 0 aliphatic rings. The molecule has 0 saturated carbocycles. The number of hydrogen-bond acceptors (Lipinski definition) is 3. The molecular weight excluding hydrogens is 198 g/mol. The molecule has 2 N–H and O–H groups in total. The zero-order chi connectivity index (χ0) is 10.8. The quantitative estimate of drug-likeness (QED) is 0.662. The lowest BCUT2D eigenvalue weighted by Crippen LogP contribution is -2.30. The van der Waals surface area contributed by atoms with Gasteiger partial charge in [-0.15, -0.1) is 0 Å². The molecule has 0 saturated heterocycles. The van der Waals surface area contributed by atoms with Crippen molar-refractivity contribution in [3.05, 3.63) is 42.7 Å². The van der Waals surface area contributed by atoms with Crippen LogP contribution in [0, 0.1) is 5.82 Å². The third-order valence-corrected chi connectivity index (χ3v) is 2.01. The highest BCUT2D eigenvalue weighted by Crippen LogP contribution is 2.07. The summed E-state index contributed by atoms with van der Waals surface area (Å²) < 4.78 is 14.7. The van der Waals surface area contributed by atoms with E-state index in [2.05, 4.69) is 4.98 Å². The largest absolute Gasteiger partial charge is 0.488 e. The van der Waals surface area contributed by atoms with Gasteiger partial charge in [0, 0.05) is 18.1 Å². The first kappa shape index (κ1) is 9.88. The second-order valence-corrected chi connectivity index (χ2v) is 3.09. The summed E-state index contributed by atoms with van der Waals surface area (Å²) in [4.78, 5) is 3.82. The molecule has 0 radical (unpaired) electrons. The monoisotopic (exact) mass is 206 g/mol. The van der Waals surface area contributed by atoms with E-state index >= 15 is 0 Å². The van der Waals surface area contributed by atoms with Crippen LogP contribution in [0.3, 0.4) is 0 Å². The Balaban J connectivity index is 2.49. The van der Waals surface area contributed by atoms with E-state index in [1.807, 2.05) is 0 Å². The number of halogens is 1. The molecule has 0 atom stereocenters. The lowest BCUT2D eigenvalue weighted by molar-refractivity contribution is 0.425. The number of rotatable bonds is 2. The van der Waals surface area contributed by atoms with Crippen molar-refractivity contribution in [1.29, 1.82) is 0 Å². The van der Waals surface area contributed by atoms with Crippen LogP contribution in [0.1, 0.15) is 0 Å². The van der Waals surface area contributed by atoms with E-state index in [0.29, 0.717) is 5.69 Å². The molecule has 1 aromatic heterocycles. The minimum Gasteiger partial charge on any atom is -0.423 e. The summed E-state index contributed by atoms with van der Waals surface area (Å²) in [5, 5.41) is 17.9. The second kappa shape index (κ2) is 3.84. The Bertz CT molecular complexity index is 459. The van der Waals surface area contributed by atoms with Crippen LogP contribution in [0.4, 0.5) is 4.39 Å². The first-order valence-electron chi connectivity index (χ1n) is 4.32. The van der Waals surface area contributed by atoms with Crippen molar-refractivity contribution < 1.29 is 14.4 Å². The minimum absolute atomic E-state index is 0.110. The molecular formula is C9H8BFN2O2. The van der Waals surface area contributed by atoms with E-state index in [1.165, 1.54) is 18.5 Å². The molecule has 2 rings (SSSR count). The number of imidazole rings is 1. The van der Waals surface area contributed by atoms with Crippen molar-refractivity contribution in [1.82, 2.24) is 9.55 Å². The molecule has 0 fully saturated rings. The van der Waals surface area contributed by atoms with Crippen LogP contribution < -0.4 is 5.46 Å². The van der Waals surface area contributed by atoms with Crippen molar-refractivity contribution >= 4 is 12.6 Å². The third kappa shape index (κ3) is 2.06. The number of nitrogens with zero attached hydrogens (tertiary/aromatic N) is 2. The molecule has 0 bridgehead atoms. The SMILES string of the molecule is OB(O)c1cc(F)cc(-n2ccnc2)c1. The fraction of sp³-hybridized carbons (Fsp3) is 0. The topological polar surface area (TPSA) is 58.3 Å². The summed E-state index contributed by atoms with van der Waals surface area (Å²) in [6, 6.07) is 3.84. The lowest BCUT2D eigenvalue weighted by atomic mass is 9.80. The van der Waals surface area contributed by atoms with Gasteiger partial charge in [0.05, 0.1) is 6.33 Å². The Morgan fingerprint density at radius 3 is 2.67 bits per heavy atom. The van der Waals surface area contributed by atoms with Gasteiger partial charge in [0.15, 0.2) is 0 Å². The minimum atomic E-state index is -1.68. The van der Waals surface area contributed by atoms with Crippen molar-refractivity contribution in [3.63, 3.8) is 0 Å². The number of benzene rings is 1. The molecule has 1 aromatic carbocycles. The van der Waals surface area contributed by atoms with Crippen molar-refractivity contribution in [2.45, 2.75) is 0 Å². The van der Waals surface area contributed by atoms with Gasteiger partial charge in [-0.3, -0.25) is 0 Å². The predicted octanol–water partition coefficient (Wildman–Crippen LogP) is -0.309. The molecule has 2 aromatic rings. The van der Waals surface area contributed by atoms with Gasteiger partial charge in [-0.1, -0.05) is 0 Å². The van der Waals surface area contributed by atoms with E-state index in [0.717, 1.165) is 6.07 Å². The van der Waals surface area contributed by atoms with Crippen molar-refractivity contribution in [3.8, 4) is 5.69 Å². The maximum absolute atomic E-state index is 13.1. The number of hydrogen-bond donors (Lipinski definition) is 2. The van der Waals surface area contributed by atoms with Gasteiger partial charge in [0.2, 0.25) is 0 Å². The predicted molar refractivity (Wildman–Crippen MR) is 53.3 cm³/mol. The summed E-state index contributed by atoms with van der Waals surface area (Å²) in [6.07, 6.45) is 4.70. The van der Waals surface area contributed by atoms with Crippen LogP contribution >= 0.6 is 0 Å². The Kier molecular flexibility index (Phi) is 2.53. The normalized spacial score (nSPS) is 10.3. The van der Waals surface area contributed by atoms with Gasteiger partial charge >= 0.3 is 7.12 Å². The Morgan fingerprint density at radius 2 is 2.07 bits per heavy atom. The fourth-order valence-corrected chi connectivity index (χ4v) is 1.31. The average Bonchev–Trinajstić information content (AvgIpc) is 2.69. The molecule has 0 aliphatic carbocycles. The highest BCUT2D eigenvalue weighted by molar-refractivity contribution is 6.58. The van der Waals surface area contributed by atoms with Crippen LogP contribution in [0.5, 0.6) is 0 Å². The second-order valence-electron chi connectivity index (χ2n) is 3.09. The zero-order valence-corrected chi connectivity index (χ0v) is 7.71. The van der Waals surface area contributed by atoms with Gasteiger partial charge in [-0.05, 0) is 23.7 Å². The van der Waals surface area contributed by atoms with Crippen molar-refractivity contribution in [2.24, 2.45) is 0 Å². The zero-order valence-electron chi connectivity index (χ0n) is 7.71. The molecule has 15 heavy (non-hydrogen) atoms. The maximum Gasteiger partial charge on any atom is 0.488 e. The first-order chi connectivity index (χ1) is 7.16. The van der Waals surface area contributed by atoms with E-state index in [1.54, 1.807) is 17.0 Å². The van der Waals surface area contributed by atoms with Gasteiger partial charge < -0.3 is 14.6 Å². The Labute approximate surface area is 85.8 Å². The summed E-state index contributed by atoms with van der Waals surface area (Å²) in [7, 11) is -1.68. The lowest BCUT2D eigenvalue weighted by Gasteiger charge is -2.05. The van der Waals surface area contributed by atoms with Crippen LogP contribution in [0.15, 0.2) is 36.9 Å². The molecule has 0 aliphatic heterocycles. The first-order valence-corrected chi connectivity index (χ1v) is 4.32. The van der Waals surface area contributed by atoms with Gasteiger partial charge in [-0.2, -0.15) is 0 Å². The van der Waals surface area contributed by atoms with Crippen molar-refractivity contribution in [2.75, 3.05) is 0 Å². The molecule has 4 nitrogen and oxygen atoms in total. The smallest absolute Gasteiger partial charge is 0.423 e. The highest BCUT2D eigenvalue weighted by Gasteiger charge is 2.13. The van der Waals surface area contributed by atoms with Crippen LogP contribution in [-0.2, 0) is 0 Å². The van der Waals surface area contributed by atoms with Gasteiger partial charge in [0.25, 0.3) is 0 Å². The third-order valence-electron chi connectivity index (χ3n) is 2.01. The average molecular weight is 206 g/mol. The van der Waals surface area contributed by atoms with Gasteiger partial charge in [-0.25, -0.2) is 9.37 Å². The highest BCUT2D eigenvalue weighted by atomic mass is 19.1. The van der Waals surface area contributed by atoms with E-state index in [4.69, 9.17) is 10.0 Å². The van der Waals surface area contributed by atoms with E-state index < -0.39 is 12.9 Å². The summed E-state index contributed by atoms with van der Waals surface area (Å²) >= 11 is 0. The summed E-state index contributed by atoms with van der Waals surface area (Å²) in [6.45, 7) is 0.